The third kappa shape index (κ3) is 2.93. The average Bonchev–Trinajstić information content (AvgIpc) is 2.17. The first-order valence-corrected chi connectivity index (χ1v) is 4.34. The summed E-state index contributed by atoms with van der Waals surface area (Å²) in [6, 6.07) is 0. The summed E-state index contributed by atoms with van der Waals surface area (Å²) in [5, 5.41) is 19.6. The maximum atomic E-state index is 10.2. The van der Waals surface area contributed by atoms with Crippen molar-refractivity contribution in [3.63, 3.8) is 0 Å². The van der Waals surface area contributed by atoms with Crippen LogP contribution >= 0.6 is 0 Å². The lowest BCUT2D eigenvalue weighted by atomic mass is 10.0. The van der Waals surface area contributed by atoms with Crippen LogP contribution in [0.3, 0.4) is 0 Å². The van der Waals surface area contributed by atoms with Gasteiger partial charge in [0, 0.05) is 12.0 Å². The molecule has 1 aliphatic rings. The molecule has 0 aromatic rings. The van der Waals surface area contributed by atoms with Gasteiger partial charge in [0.25, 0.3) is 0 Å². The Balaban J connectivity index is 2.62. The summed E-state index contributed by atoms with van der Waals surface area (Å²) in [6.07, 6.45) is 4.87. The quantitative estimate of drug-likeness (QED) is 0.529. The number of rotatable bonds is 4. The topological polar surface area (TPSA) is 72.6 Å². The lowest BCUT2D eigenvalue weighted by molar-refractivity contribution is -0.488. The fraction of sp³-hybridized carbons (Fsp3) is 0.556. The Hall–Kier alpha value is -1.20. The molecular weight excluding hydrogens is 186 g/mol. The zero-order valence-electron chi connectivity index (χ0n) is 7.92. The Bertz CT molecular complexity index is 272. The first-order chi connectivity index (χ1) is 6.63. The Labute approximate surface area is 81.8 Å². The van der Waals surface area contributed by atoms with Crippen LogP contribution in [0.15, 0.2) is 23.8 Å². The maximum Gasteiger partial charge on any atom is 0.233 e. The second-order valence-electron chi connectivity index (χ2n) is 3.11. The Morgan fingerprint density at radius 2 is 2.57 bits per heavy atom. The van der Waals surface area contributed by atoms with E-state index in [0.717, 1.165) is 6.42 Å². The molecule has 5 nitrogen and oxygen atoms in total. The van der Waals surface area contributed by atoms with Crippen LogP contribution in [-0.2, 0) is 4.74 Å². The van der Waals surface area contributed by atoms with E-state index in [0.29, 0.717) is 5.57 Å². The number of aliphatic hydroxyl groups excluding tert-OH is 1. The molecule has 2 unspecified atom stereocenters. The molecule has 0 amide bonds. The number of aliphatic hydroxyl groups is 1. The van der Waals surface area contributed by atoms with Crippen LogP contribution in [0.1, 0.15) is 6.42 Å². The fourth-order valence-electron chi connectivity index (χ4n) is 1.31. The first kappa shape index (κ1) is 10.9. The lowest BCUT2D eigenvalue weighted by Gasteiger charge is -2.16. The number of nitrogens with zero attached hydrogens (tertiary/aromatic N) is 1. The molecule has 1 N–H and O–H groups in total. The van der Waals surface area contributed by atoms with Crippen LogP contribution in [-0.4, -0.2) is 35.9 Å². The van der Waals surface area contributed by atoms with Gasteiger partial charge in [0.1, 0.15) is 6.10 Å². The van der Waals surface area contributed by atoms with Crippen molar-refractivity contribution in [3.05, 3.63) is 33.9 Å². The van der Waals surface area contributed by atoms with Gasteiger partial charge in [-0.3, -0.25) is 10.1 Å². The van der Waals surface area contributed by atoms with Gasteiger partial charge in [0.05, 0.1) is 6.10 Å². The maximum absolute atomic E-state index is 10.2. The molecular formula is C9H13NO4. The second-order valence-corrected chi connectivity index (χ2v) is 3.11. The van der Waals surface area contributed by atoms with E-state index in [2.05, 4.69) is 0 Å². The SMILES string of the molecule is COC1C=C(C(O)C[N+](=O)[O-])C=CC1. The van der Waals surface area contributed by atoms with Gasteiger partial charge in [-0.25, -0.2) is 0 Å². The van der Waals surface area contributed by atoms with E-state index in [1.54, 1.807) is 19.3 Å². The van der Waals surface area contributed by atoms with Gasteiger partial charge in [0.2, 0.25) is 6.54 Å². The van der Waals surface area contributed by atoms with E-state index in [9.17, 15) is 15.2 Å². The fourth-order valence-corrected chi connectivity index (χ4v) is 1.31. The second kappa shape index (κ2) is 4.88. The standard InChI is InChI=1S/C9H13NO4/c1-14-8-4-2-3-7(5-8)9(11)6-10(12)13/h2-3,5,8-9,11H,4,6H2,1H3. The molecule has 0 aromatic heterocycles. The van der Waals surface area contributed by atoms with Crippen molar-refractivity contribution in [1.29, 1.82) is 0 Å². The van der Waals surface area contributed by atoms with Crippen LogP contribution < -0.4 is 0 Å². The highest BCUT2D eigenvalue weighted by molar-refractivity contribution is 5.28. The van der Waals surface area contributed by atoms with Gasteiger partial charge in [0.15, 0.2) is 0 Å². The van der Waals surface area contributed by atoms with E-state index < -0.39 is 17.6 Å². The number of ether oxygens (including phenoxy) is 1. The molecule has 1 rings (SSSR count). The summed E-state index contributed by atoms with van der Waals surface area (Å²) in [7, 11) is 1.57. The molecule has 0 fully saturated rings. The van der Waals surface area contributed by atoms with E-state index in [1.165, 1.54) is 0 Å². The van der Waals surface area contributed by atoms with Crippen LogP contribution in [0.25, 0.3) is 0 Å². The number of hydrogen-bond donors (Lipinski definition) is 1. The molecule has 0 spiro atoms. The van der Waals surface area contributed by atoms with Gasteiger partial charge in [-0.05, 0) is 18.1 Å². The van der Waals surface area contributed by atoms with Crippen molar-refractivity contribution < 1.29 is 14.8 Å². The molecule has 1 aliphatic carbocycles. The Kier molecular flexibility index (Phi) is 3.79. The average molecular weight is 199 g/mol. The highest BCUT2D eigenvalue weighted by Gasteiger charge is 2.18. The minimum atomic E-state index is -1.04. The van der Waals surface area contributed by atoms with Crippen molar-refractivity contribution >= 4 is 0 Å². The normalized spacial score (nSPS) is 23.0. The van der Waals surface area contributed by atoms with Gasteiger partial charge in [-0.2, -0.15) is 0 Å². The van der Waals surface area contributed by atoms with E-state index in [1.807, 2.05) is 6.08 Å². The van der Waals surface area contributed by atoms with Gasteiger partial charge >= 0.3 is 0 Å². The molecule has 0 bridgehead atoms. The Morgan fingerprint density at radius 1 is 1.86 bits per heavy atom. The zero-order chi connectivity index (χ0) is 10.6. The van der Waals surface area contributed by atoms with Gasteiger partial charge < -0.3 is 9.84 Å². The predicted molar refractivity (Wildman–Crippen MR) is 50.5 cm³/mol. The van der Waals surface area contributed by atoms with Crippen LogP contribution in [0.2, 0.25) is 0 Å². The third-order valence-corrected chi connectivity index (χ3v) is 2.07. The van der Waals surface area contributed by atoms with Crippen molar-refractivity contribution in [1.82, 2.24) is 0 Å². The molecule has 0 saturated heterocycles. The molecule has 78 valence electrons. The molecule has 5 heteroatoms. The predicted octanol–water partition coefficient (Wildman–Crippen LogP) is 0.525. The Morgan fingerprint density at radius 3 is 3.14 bits per heavy atom. The van der Waals surface area contributed by atoms with Gasteiger partial charge in [-0.15, -0.1) is 0 Å². The molecule has 0 aromatic carbocycles. The van der Waals surface area contributed by atoms with Gasteiger partial charge in [-0.1, -0.05) is 12.2 Å². The summed E-state index contributed by atoms with van der Waals surface area (Å²) >= 11 is 0. The highest BCUT2D eigenvalue weighted by atomic mass is 16.6. The minimum Gasteiger partial charge on any atom is -0.382 e. The van der Waals surface area contributed by atoms with Crippen molar-refractivity contribution in [2.45, 2.75) is 18.6 Å². The third-order valence-electron chi connectivity index (χ3n) is 2.07. The number of hydrogen-bond acceptors (Lipinski definition) is 4. The summed E-state index contributed by atoms with van der Waals surface area (Å²) < 4.78 is 5.07. The van der Waals surface area contributed by atoms with E-state index >= 15 is 0 Å². The van der Waals surface area contributed by atoms with Crippen molar-refractivity contribution in [3.8, 4) is 0 Å². The molecule has 2 atom stereocenters. The molecule has 0 saturated carbocycles. The summed E-state index contributed by atoms with van der Waals surface area (Å²) in [5.74, 6) is 0. The van der Waals surface area contributed by atoms with Crippen molar-refractivity contribution in [2.75, 3.05) is 13.7 Å². The van der Waals surface area contributed by atoms with Crippen LogP contribution in [0.4, 0.5) is 0 Å². The zero-order valence-corrected chi connectivity index (χ0v) is 7.92. The van der Waals surface area contributed by atoms with E-state index in [-0.39, 0.29) is 6.10 Å². The smallest absolute Gasteiger partial charge is 0.233 e. The number of nitro groups is 1. The summed E-state index contributed by atoms with van der Waals surface area (Å²) in [4.78, 5) is 9.63. The lowest BCUT2D eigenvalue weighted by Crippen LogP contribution is -2.23. The van der Waals surface area contributed by atoms with E-state index in [4.69, 9.17) is 4.74 Å². The van der Waals surface area contributed by atoms with Crippen LogP contribution in [0, 0.1) is 10.1 Å². The molecule has 0 heterocycles. The monoisotopic (exact) mass is 199 g/mol. The molecule has 14 heavy (non-hydrogen) atoms. The summed E-state index contributed by atoms with van der Waals surface area (Å²) in [5.41, 5.74) is 0.555. The largest absolute Gasteiger partial charge is 0.382 e. The minimum absolute atomic E-state index is 0.0867. The highest BCUT2D eigenvalue weighted by Crippen LogP contribution is 2.16. The van der Waals surface area contributed by atoms with Crippen molar-refractivity contribution in [2.24, 2.45) is 0 Å². The van der Waals surface area contributed by atoms with Crippen LogP contribution in [0.5, 0.6) is 0 Å². The number of methoxy groups -OCH3 is 1. The summed E-state index contributed by atoms with van der Waals surface area (Å²) in [6.45, 7) is -0.466. The first-order valence-electron chi connectivity index (χ1n) is 4.34. The molecule has 0 aliphatic heterocycles. The molecule has 0 radical (unpaired) electrons.